The first kappa shape index (κ1) is 29.0. The normalized spacial score (nSPS) is 14.1. The summed E-state index contributed by atoms with van der Waals surface area (Å²) < 4.78 is 70.5. The van der Waals surface area contributed by atoms with Crippen LogP contribution in [0.15, 0.2) is 146 Å². The number of aromatic nitrogens is 3. The lowest BCUT2D eigenvalue weighted by molar-refractivity contribution is 0.466. The maximum Gasteiger partial charge on any atom is 0.149 e. The summed E-state index contributed by atoms with van der Waals surface area (Å²) >= 11 is 0. The van der Waals surface area contributed by atoms with E-state index in [-0.39, 0.29) is 46.2 Å². The monoisotopic (exact) mass is 753 g/mol. The van der Waals surface area contributed by atoms with E-state index in [1.807, 2.05) is 97.3 Å². The Kier molecular flexibility index (Phi) is 7.65. The van der Waals surface area contributed by atoms with Gasteiger partial charge < -0.3 is 5.11 Å². The fourth-order valence-electron chi connectivity index (χ4n) is 7.42. The molecule has 0 radical (unpaired) electrons. The van der Waals surface area contributed by atoms with Gasteiger partial charge >= 0.3 is 0 Å². The van der Waals surface area contributed by atoms with Gasteiger partial charge in [0.25, 0.3) is 0 Å². The Bertz CT molecular complexity index is 3120. The summed E-state index contributed by atoms with van der Waals surface area (Å²) in [5.74, 6) is 0.581. The number of fused-ring (bicyclic) bond motifs is 1. The van der Waals surface area contributed by atoms with Gasteiger partial charge in [0.15, 0.2) is 0 Å². The Morgan fingerprint density at radius 2 is 1.42 bits per heavy atom. The van der Waals surface area contributed by atoms with Crippen molar-refractivity contribution in [2.24, 2.45) is 0 Å². The van der Waals surface area contributed by atoms with E-state index < -0.39 is 25.0 Å². The largest absolute Gasteiger partial charge is 0.507 e. The molecule has 0 saturated heterocycles. The molecule has 0 bridgehead atoms. The topological polar surface area (TPSA) is 50.9 Å². The molecule has 8 aromatic rings. The van der Waals surface area contributed by atoms with Gasteiger partial charge in [0.05, 0.1) is 34.8 Å². The molecule has 0 unspecified atom stereocenters. The van der Waals surface area contributed by atoms with E-state index in [1.165, 1.54) is 0 Å². The van der Waals surface area contributed by atoms with Crippen LogP contribution in [0.3, 0.4) is 0 Å². The molecule has 0 aliphatic rings. The summed E-state index contributed by atoms with van der Waals surface area (Å²) in [5, 5.41) is 12.2. The van der Waals surface area contributed by atoms with Crippen molar-refractivity contribution in [3.05, 3.63) is 168 Å². The molecule has 0 aliphatic heterocycles. The summed E-state index contributed by atoms with van der Waals surface area (Å²) in [6.07, 6.45) is 1.58. The van der Waals surface area contributed by atoms with Gasteiger partial charge in [-0.1, -0.05) is 139 Å². The smallest absolute Gasteiger partial charge is 0.149 e. The Labute approximate surface area is 348 Å². The van der Waals surface area contributed by atoms with E-state index in [9.17, 15) is 5.11 Å². The summed E-state index contributed by atoms with van der Waals surface area (Å²) in [6.45, 7) is 12.1. The SMILES string of the molecule is [2H]c1c([2H])c([2H])c(-c2ccnc(-c3cc(-c4cccc5c4nc(-c4cc(C(C)C)cc(C(C)C)c4O)n5-c4ccc(-c5ccccc5)cc4C([2H])([2H])[2H])cc(C(C)(C)C)c3)c2)c([2H])c1[2H]. The molecule has 6 aromatic carbocycles. The molecule has 57 heavy (non-hydrogen) atoms. The van der Waals surface area contributed by atoms with Gasteiger partial charge in [-0.2, -0.15) is 0 Å². The fourth-order valence-corrected chi connectivity index (χ4v) is 7.42. The predicted molar refractivity (Wildman–Crippen MR) is 239 cm³/mol. The van der Waals surface area contributed by atoms with E-state index >= 15 is 0 Å². The molecular weight excluding hydrogens is 695 g/mol. The van der Waals surface area contributed by atoms with Crippen molar-refractivity contribution in [1.29, 1.82) is 0 Å². The summed E-state index contributed by atoms with van der Waals surface area (Å²) in [7, 11) is 0. The molecule has 4 nitrogen and oxygen atoms in total. The molecule has 0 fully saturated rings. The lowest BCUT2D eigenvalue weighted by atomic mass is 9.83. The van der Waals surface area contributed by atoms with Gasteiger partial charge in [-0.05, 0) is 123 Å². The van der Waals surface area contributed by atoms with Crippen molar-refractivity contribution >= 4 is 11.0 Å². The number of pyridine rings is 1. The van der Waals surface area contributed by atoms with Gasteiger partial charge in [0.1, 0.15) is 11.6 Å². The number of rotatable bonds is 8. The molecule has 2 heterocycles. The number of hydrogen-bond acceptors (Lipinski definition) is 3. The van der Waals surface area contributed by atoms with Crippen LogP contribution in [0.4, 0.5) is 0 Å². The number of para-hydroxylation sites is 1. The highest BCUT2D eigenvalue weighted by molar-refractivity contribution is 5.97. The van der Waals surface area contributed by atoms with E-state index in [0.717, 1.165) is 44.5 Å². The molecule has 0 saturated carbocycles. The second-order valence-electron chi connectivity index (χ2n) is 16.3. The number of benzene rings is 6. The van der Waals surface area contributed by atoms with Gasteiger partial charge in [-0.3, -0.25) is 9.55 Å². The van der Waals surface area contributed by atoms with Crippen LogP contribution in [0.2, 0.25) is 0 Å². The zero-order valence-electron chi connectivity index (χ0n) is 41.4. The Morgan fingerprint density at radius 1 is 0.667 bits per heavy atom. The first-order valence-electron chi connectivity index (χ1n) is 23.4. The Morgan fingerprint density at radius 3 is 2.14 bits per heavy atom. The van der Waals surface area contributed by atoms with Gasteiger partial charge in [0.2, 0.25) is 0 Å². The van der Waals surface area contributed by atoms with Gasteiger partial charge in [0, 0.05) is 21.4 Å². The molecule has 4 heteroatoms. The third-order valence-electron chi connectivity index (χ3n) is 10.7. The summed E-state index contributed by atoms with van der Waals surface area (Å²) in [4.78, 5) is 10.1. The van der Waals surface area contributed by atoms with Crippen LogP contribution in [-0.2, 0) is 5.41 Å². The van der Waals surface area contributed by atoms with E-state index in [0.29, 0.717) is 39.4 Å². The molecule has 8 rings (SSSR count). The first-order chi connectivity index (χ1) is 30.6. The first-order valence-corrected chi connectivity index (χ1v) is 19.4. The zero-order chi connectivity index (χ0) is 46.9. The van der Waals surface area contributed by atoms with Crippen molar-refractivity contribution in [3.63, 3.8) is 0 Å². The Balaban J connectivity index is 1.43. The van der Waals surface area contributed by atoms with E-state index in [1.54, 1.807) is 24.4 Å². The molecule has 0 amide bonds. The Hall–Kier alpha value is -6.26. The number of phenolic OH excluding ortho intramolecular Hbond substituents is 1. The van der Waals surface area contributed by atoms with Gasteiger partial charge in [-0.15, -0.1) is 0 Å². The number of imidazole rings is 1. The average molecular weight is 754 g/mol. The lowest BCUT2D eigenvalue weighted by Crippen LogP contribution is -2.11. The minimum atomic E-state index is -2.52. The van der Waals surface area contributed by atoms with E-state index in [2.05, 4.69) is 46.8 Å². The van der Waals surface area contributed by atoms with Crippen LogP contribution in [-0.4, -0.2) is 19.6 Å². The third kappa shape index (κ3) is 7.29. The highest BCUT2D eigenvalue weighted by Crippen LogP contribution is 2.44. The minimum Gasteiger partial charge on any atom is -0.507 e. The third-order valence-corrected chi connectivity index (χ3v) is 10.7. The maximum absolute atomic E-state index is 12.2. The standard InChI is InChI=1S/C53H51N3O/c1-33(2)40-30-45(34(3)4)51(57)46(31-40)52-55-50-44(20-15-21-49(50)56(52)48-23-22-38(26-35(48)5)36-16-11-9-12-17-36)41-27-42(29-43(28-41)53(6,7)8)47-32-39(24-25-54-47)37-18-13-10-14-19-37/h9-34,57H,1-8H3/i5D3,10D,13D,14D,18D,19D. The minimum absolute atomic E-state index is 0.0184. The van der Waals surface area contributed by atoms with Crippen molar-refractivity contribution in [2.45, 2.75) is 72.6 Å². The van der Waals surface area contributed by atoms with E-state index in [4.69, 9.17) is 20.9 Å². The quantitative estimate of drug-likeness (QED) is 0.168. The van der Waals surface area contributed by atoms with Crippen LogP contribution in [0.5, 0.6) is 5.75 Å². The molecule has 0 aliphatic carbocycles. The van der Waals surface area contributed by atoms with Crippen LogP contribution in [0.1, 0.15) is 93.5 Å². The molecular formula is C53H51N3O. The predicted octanol–water partition coefficient (Wildman–Crippen LogP) is 14.3. The molecule has 284 valence electrons. The summed E-state index contributed by atoms with van der Waals surface area (Å²) in [5.41, 5.74) is 9.71. The maximum atomic E-state index is 12.2. The van der Waals surface area contributed by atoms with Crippen LogP contribution in [0.25, 0.3) is 72.7 Å². The van der Waals surface area contributed by atoms with Crippen LogP contribution >= 0.6 is 0 Å². The van der Waals surface area contributed by atoms with Crippen molar-refractivity contribution < 1.29 is 16.1 Å². The second-order valence-corrected chi connectivity index (χ2v) is 16.3. The van der Waals surface area contributed by atoms with Crippen LogP contribution < -0.4 is 0 Å². The molecule has 2 aromatic heterocycles. The highest BCUT2D eigenvalue weighted by Gasteiger charge is 2.25. The average Bonchev–Trinajstić information content (AvgIpc) is 3.66. The van der Waals surface area contributed by atoms with Crippen molar-refractivity contribution in [3.8, 4) is 67.5 Å². The fraction of sp³-hybridized carbons (Fsp3) is 0.208. The highest BCUT2D eigenvalue weighted by atomic mass is 16.3. The summed E-state index contributed by atoms with van der Waals surface area (Å²) in [6, 6.07) is 32.7. The number of hydrogen-bond donors (Lipinski definition) is 1. The zero-order valence-corrected chi connectivity index (χ0v) is 33.4. The molecule has 0 spiro atoms. The van der Waals surface area contributed by atoms with Crippen LogP contribution in [0, 0.1) is 6.85 Å². The number of aromatic hydroxyl groups is 1. The van der Waals surface area contributed by atoms with Crippen molar-refractivity contribution in [1.82, 2.24) is 14.5 Å². The second kappa shape index (κ2) is 15.0. The lowest BCUT2D eigenvalue weighted by Gasteiger charge is -2.22. The number of aryl methyl sites for hydroxylation is 1. The van der Waals surface area contributed by atoms with Crippen molar-refractivity contribution in [2.75, 3.05) is 0 Å². The number of phenols is 1. The number of nitrogens with zero attached hydrogens (tertiary/aromatic N) is 3. The molecule has 0 atom stereocenters. The van der Waals surface area contributed by atoms with Gasteiger partial charge in [-0.25, -0.2) is 4.98 Å². The molecule has 1 N–H and O–H groups in total.